The first-order valence-corrected chi connectivity index (χ1v) is 11.4. The van der Waals surface area contributed by atoms with Gasteiger partial charge in [0, 0.05) is 30.2 Å². The molecule has 0 aliphatic carbocycles. The number of hydrogen-bond donors (Lipinski definition) is 2. The highest BCUT2D eigenvalue weighted by Crippen LogP contribution is 2.30. The van der Waals surface area contributed by atoms with Crippen molar-refractivity contribution in [2.45, 2.75) is 32.9 Å². The van der Waals surface area contributed by atoms with Crippen LogP contribution in [0.3, 0.4) is 0 Å². The number of anilines is 1. The summed E-state index contributed by atoms with van der Waals surface area (Å²) in [7, 11) is 0. The lowest BCUT2D eigenvalue weighted by Crippen LogP contribution is -2.43. The Kier molecular flexibility index (Phi) is 6.49. The molecule has 2 amide bonds. The average molecular weight is 434 g/mol. The van der Waals surface area contributed by atoms with Gasteiger partial charge in [0.15, 0.2) is 0 Å². The summed E-state index contributed by atoms with van der Waals surface area (Å²) in [6.45, 7) is 5.98. The van der Waals surface area contributed by atoms with E-state index >= 15 is 0 Å². The zero-order chi connectivity index (χ0) is 21.8. The zero-order valence-electron chi connectivity index (χ0n) is 17.9. The third kappa shape index (κ3) is 4.86. The zero-order valence-corrected chi connectivity index (χ0v) is 18.7. The molecule has 0 unspecified atom stereocenters. The summed E-state index contributed by atoms with van der Waals surface area (Å²) in [5, 5.41) is 7.68. The molecule has 2 N–H and O–H groups in total. The molecule has 0 spiro atoms. The summed E-state index contributed by atoms with van der Waals surface area (Å²) in [4.78, 5) is 28.7. The Bertz CT molecular complexity index is 1060. The first-order chi connectivity index (χ1) is 15.0. The van der Waals surface area contributed by atoms with Crippen LogP contribution in [0.4, 0.5) is 5.69 Å². The standard InChI is InChI=1S/C25H27N3O2S/c1-17-7-5-8-18(2)23(17)27-25(30)24(29)26-15-21(22-11-6-14-31-22)28-13-12-19-9-3-4-10-20(19)16-28/h3-11,14,21H,12-13,15-16H2,1-2H3,(H,26,29)(H,27,30)/t21-/m1/s1. The van der Waals surface area contributed by atoms with E-state index in [1.165, 1.54) is 16.0 Å². The van der Waals surface area contributed by atoms with Gasteiger partial charge in [-0.05, 0) is 54.0 Å². The summed E-state index contributed by atoms with van der Waals surface area (Å²) < 4.78 is 0. The summed E-state index contributed by atoms with van der Waals surface area (Å²) in [5.74, 6) is -1.24. The van der Waals surface area contributed by atoms with Crippen LogP contribution in [-0.4, -0.2) is 29.8 Å². The van der Waals surface area contributed by atoms with Gasteiger partial charge in [0.1, 0.15) is 0 Å². The molecule has 0 bridgehead atoms. The molecule has 160 valence electrons. The number of thiophene rings is 1. The first kappa shape index (κ1) is 21.3. The van der Waals surface area contributed by atoms with Crippen LogP contribution in [0, 0.1) is 13.8 Å². The summed E-state index contributed by atoms with van der Waals surface area (Å²) in [6.07, 6.45) is 0.985. The molecular weight excluding hydrogens is 406 g/mol. The molecule has 31 heavy (non-hydrogen) atoms. The van der Waals surface area contributed by atoms with Crippen molar-refractivity contribution in [3.05, 3.63) is 87.1 Å². The molecule has 5 nitrogen and oxygen atoms in total. The van der Waals surface area contributed by atoms with Gasteiger partial charge >= 0.3 is 11.8 Å². The van der Waals surface area contributed by atoms with Gasteiger partial charge in [0.2, 0.25) is 0 Å². The fourth-order valence-corrected chi connectivity index (χ4v) is 4.99. The van der Waals surface area contributed by atoms with Gasteiger partial charge in [0.05, 0.1) is 6.04 Å². The minimum atomic E-state index is -0.633. The number of rotatable bonds is 5. The van der Waals surface area contributed by atoms with Crippen LogP contribution in [0.15, 0.2) is 60.0 Å². The number of aryl methyl sites for hydroxylation is 2. The number of nitrogens with one attached hydrogen (secondary N) is 2. The average Bonchev–Trinajstić information content (AvgIpc) is 3.30. The second kappa shape index (κ2) is 9.45. The SMILES string of the molecule is Cc1cccc(C)c1NC(=O)C(=O)NC[C@H](c1cccs1)N1CCc2ccccc2C1. The third-order valence-electron chi connectivity index (χ3n) is 5.85. The number of para-hydroxylation sites is 1. The van der Waals surface area contributed by atoms with E-state index in [2.05, 4.69) is 51.2 Å². The molecule has 2 heterocycles. The van der Waals surface area contributed by atoms with E-state index in [-0.39, 0.29) is 6.04 Å². The molecule has 2 aromatic carbocycles. The molecule has 0 fully saturated rings. The number of benzene rings is 2. The van der Waals surface area contributed by atoms with Crippen molar-refractivity contribution in [2.24, 2.45) is 0 Å². The highest BCUT2D eigenvalue weighted by atomic mass is 32.1. The van der Waals surface area contributed by atoms with Crippen molar-refractivity contribution < 1.29 is 9.59 Å². The van der Waals surface area contributed by atoms with Gasteiger partial charge in [-0.25, -0.2) is 0 Å². The van der Waals surface area contributed by atoms with Gasteiger partial charge < -0.3 is 10.6 Å². The van der Waals surface area contributed by atoms with E-state index in [9.17, 15) is 9.59 Å². The van der Waals surface area contributed by atoms with Crippen LogP contribution in [0.25, 0.3) is 0 Å². The molecule has 3 aromatic rings. The molecule has 4 rings (SSSR count). The molecule has 1 atom stereocenters. The van der Waals surface area contributed by atoms with E-state index < -0.39 is 11.8 Å². The smallest absolute Gasteiger partial charge is 0.313 e. The Hall–Kier alpha value is -2.96. The topological polar surface area (TPSA) is 61.4 Å². The lowest BCUT2D eigenvalue weighted by molar-refractivity contribution is -0.136. The second-order valence-corrected chi connectivity index (χ2v) is 8.93. The van der Waals surface area contributed by atoms with Crippen molar-refractivity contribution in [1.29, 1.82) is 0 Å². The van der Waals surface area contributed by atoms with Crippen LogP contribution < -0.4 is 10.6 Å². The molecule has 1 aliphatic rings. The number of nitrogens with zero attached hydrogens (tertiary/aromatic N) is 1. The third-order valence-corrected chi connectivity index (χ3v) is 6.83. The summed E-state index contributed by atoms with van der Waals surface area (Å²) in [6, 6.07) is 18.4. The number of hydrogen-bond acceptors (Lipinski definition) is 4. The maximum absolute atomic E-state index is 12.6. The molecule has 6 heteroatoms. The molecule has 0 radical (unpaired) electrons. The lowest BCUT2D eigenvalue weighted by Gasteiger charge is -2.35. The van der Waals surface area contributed by atoms with Crippen LogP contribution in [0.2, 0.25) is 0 Å². The Balaban J connectivity index is 1.44. The highest BCUT2D eigenvalue weighted by molar-refractivity contribution is 7.10. The number of carbonyl (C=O) groups is 2. The quantitative estimate of drug-likeness (QED) is 0.593. The Morgan fingerprint density at radius 1 is 0.968 bits per heavy atom. The Morgan fingerprint density at radius 2 is 1.71 bits per heavy atom. The predicted molar refractivity (Wildman–Crippen MR) is 125 cm³/mol. The molecular formula is C25H27N3O2S. The van der Waals surface area contributed by atoms with Crippen LogP contribution >= 0.6 is 11.3 Å². The van der Waals surface area contributed by atoms with E-state index in [4.69, 9.17) is 0 Å². The van der Waals surface area contributed by atoms with E-state index in [1.54, 1.807) is 11.3 Å². The van der Waals surface area contributed by atoms with Gasteiger partial charge in [-0.1, -0.05) is 48.5 Å². The number of amides is 2. The van der Waals surface area contributed by atoms with Crippen molar-refractivity contribution in [3.63, 3.8) is 0 Å². The normalized spacial score (nSPS) is 14.5. The first-order valence-electron chi connectivity index (χ1n) is 10.5. The molecule has 0 saturated carbocycles. The fourth-order valence-electron chi connectivity index (χ4n) is 4.13. The number of carbonyl (C=O) groups excluding carboxylic acids is 2. The van der Waals surface area contributed by atoms with Crippen LogP contribution in [-0.2, 0) is 22.6 Å². The lowest BCUT2D eigenvalue weighted by atomic mass is 9.98. The van der Waals surface area contributed by atoms with E-state index in [1.807, 2.05) is 38.1 Å². The van der Waals surface area contributed by atoms with Gasteiger partial charge in [-0.3, -0.25) is 14.5 Å². The summed E-state index contributed by atoms with van der Waals surface area (Å²) in [5.41, 5.74) is 5.29. The summed E-state index contributed by atoms with van der Waals surface area (Å²) >= 11 is 1.68. The maximum Gasteiger partial charge on any atom is 0.313 e. The van der Waals surface area contributed by atoms with Crippen molar-refractivity contribution in [2.75, 3.05) is 18.4 Å². The van der Waals surface area contributed by atoms with Crippen LogP contribution in [0.1, 0.15) is 33.2 Å². The van der Waals surface area contributed by atoms with Crippen molar-refractivity contribution in [3.8, 4) is 0 Å². The van der Waals surface area contributed by atoms with Gasteiger partial charge in [-0.15, -0.1) is 11.3 Å². The highest BCUT2D eigenvalue weighted by Gasteiger charge is 2.27. The maximum atomic E-state index is 12.6. The molecule has 1 aliphatic heterocycles. The van der Waals surface area contributed by atoms with Crippen LogP contribution in [0.5, 0.6) is 0 Å². The monoisotopic (exact) mass is 433 g/mol. The van der Waals surface area contributed by atoms with Gasteiger partial charge in [0.25, 0.3) is 0 Å². The Labute approximate surface area is 187 Å². The van der Waals surface area contributed by atoms with E-state index in [0.717, 1.165) is 30.6 Å². The largest absolute Gasteiger partial charge is 0.346 e. The van der Waals surface area contributed by atoms with E-state index in [0.29, 0.717) is 12.2 Å². The van der Waals surface area contributed by atoms with Crippen molar-refractivity contribution in [1.82, 2.24) is 10.2 Å². The molecule has 0 saturated heterocycles. The second-order valence-electron chi connectivity index (χ2n) is 7.95. The minimum absolute atomic E-state index is 0.0327. The number of fused-ring (bicyclic) bond motifs is 1. The van der Waals surface area contributed by atoms with Gasteiger partial charge in [-0.2, -0.15) is 0 Å². The fraction of sp³-hybridized carbons (Fsp3) is 0.280. The van der Waals surface area contributed by atoms with Crippen molar-refractivity contribution >= 4 is 28.8 Å². The predicted octanol–water partition coefficient (Wildman–Crippen LogP) is 4.22. The minimum Gasteiger partial charge on any atom is -0.346 e. The Morgan fingerprint density at radius 3 is 2.42 bits per heavy atom. The molecule has 1 aromatic heterocycles.